The normalized spacial score (nSPS) is 12.3. The summed E-state index contributed by atoms with van der Waals surface area (Å²) in [5.74, 6) is -0.108. The first-order chi connectivity index (χ1) is 7.58. The van der Waals surface area contributed by atoms with E-state index in [1.165, 1.54) is 12.1 Å². The maximum atomic E-state index is 11.1. The molecule has 0 fully saturated rings. The zero-order valence-electron chi connectivity index (χ0n) is 9.53. The smallest absolute Gasteiger partial charge is 0.270 e. The maximum Gasteiger partial charge on any atom is 0.270 e. The van der Waals surface area contributed by atoms with Gasteiger partial charge < -0.3 is 5.32 Å². The molecule has 0 unspecified atom stereocenters. The molecular weight excluding hydrogens is 208 g/mol. The van der Waals surface area contributed by atoms with E-state index in [2.05, 4.69) is 5.32 Å². The van der Waals surface area contributed by atoms with Crippen LogP contribution >= 0.6 is 0 Å². The van der Waals surface area contributed by atoms with Crippen molar-refractivity contribution in [1.82, 2.24) is 0 Å². The Balaban J connectivity index is 0.000000606. The zero-order valence-corrected chi connectivity index (χ0v) is 9.53. The van der Waals surface area contributed by atoms with Crippen LogP contribution in [0, 0.1) is 17.0 Å². The van der Waals surface area contributed by atoms with E-state index in [4.69, 9.17) is 0 Å². The van der Waals surface area contributed by atoms with Crippen LogP contribution in [-0.4, -0.2) is 10.8 Å². The van der Waals surface area contributed by atoms with Crippen LogP contribution < -0.4 is 5.32 Å². The van der Waals surface area contributed by atoms with Gasteiger partial charge in [0.2, 0.25) is 5.91 Å². The van der Waals surface area contributed by atoms with Crippen molar-refractivity contribution >= 4 is 17.3 Å². The van der Waals surface area contributed by atoms with E-state index >= 15 is 0 Å². The molecule has 0 radical (unpaired) electrons. The highest BCUT2D eigenvalue weighted by Gasteiger charge is 2.22. The number of nitro groups is 1. The van der Waals surface area contributed by atoms with Gasteiger partial charge in [-0.05, 0) is 18.1 Å². The van der Waals surface area contributed by atoms with Gasteiger partial charge in [0.15, 0.2) is 0 Å². The molecule has 0 aromatic heterocycles. The molecule has 1 aromatic rings. The topological polar surface area (TPSA) is 72.2 Å². The first kappa shape index (κ1) is 12.2. The van der Waals surface area contributed by atoms with Crippen molar-refractivity contribution in [3.8, 4) is 0 Å². The lowest BCUT2D eigenvalue weighted by Gasteiger charge is -2.02. The highest BCUT2D eigenvalue weighted by molar-refractivity contribution is 6.00. The maximum absolute atomic E-state index is 11.1. The minimum atomic E-state index is -0.448. The average Bonchev–Trinajstić information content (AvgIpc) is 2.62. The number of hydrogen-bond donors (Lipinski definition) is 1. The van der Waals surface area contributed by atoms with E-state index in [-0.39, 0.29) is 18.0 Å². The van der Waals surface area contributed by atoms with E-state index in [0.717, 1.165) is 11.3 Å². The fourth-order valence-electron chi connectivity index (χ4n) is 1.62. The lowest BCUT2D eigenvalue weighted by molar-refractivity contribution is -0.384. The minimum Gasteiger partial charge on any atom is -0.325 e. The molecule has 0 bridgehead atoms. The number of nitrogens with zero attached hydrogens (tertiary/aromatic N) is 1. The molecule has 2 rings (SSSR count). The SMILES string of the molecule is CC.Cc1cc([N+](=O)[O-])cc2c1NC(=O)C2. The molecule has 0 aliphatic carbocycles. The van der Waals surface area contributed by atoms with Crippen LogP contribution in [0.4, 0.5) is 11.4 Å². The van der Waals surface area contributed by atoms with Crippen LogP contribution in [-0.2, 0) is 11.2 Å². The third-order valence-corrected chi connectivity index (χ3v) is 2.23. The molecule has 0 saturated carbocycles. The number of hydrogen-bond acceptors (Lipinski definition) is 3. The van der Waals surface area contributed by atoms with Crippen molar-refractivity contribution in [2.45, 2.75) is 27.2 Å². The van der Waals surface area contributed by atoms with Gasteiger partial charge in [-0.2, -0.15) is 0 Å². The largest absolute Gasteiger partial charge is 0.325 e. The van der Waals surface area contributed by atoms with Gasteiger partial charge in [0.05, 0.1) is 11.3 Å². The van der Waals surface area contributed by atoms with Gasteiger partial charge in [-0.15, -0.1) is 0 Å². The highest BCUT2D eigenvalue weighted by atomic mass is 16.6. The summed E-state index contributed by atoms with van der Waals surface area (Å²) in [6, 6.07) is 2.91. The van der Waals surface area contributed by atoms with Gasteiger partial charge >= 0.3 is 0 Å². The highest BCUT2D eigenvalue weighted by Crippen LogP contribution is 2.30. The van der Waals surface area contributed by atoms with Crippen molar-refractivity contribution < 1.29 is 9.72 Å². The molecule has 16 heavy (non-hydrogen) atoms. The van der Waals surface area contributed by atoms with E-state index in [0.29, 0.717) is 5.56 Å². The van der Waals surface area contributed by atoms with E-state index in [1.807, 2.05) is 13.8 Å². The van der Waals surface area contributed by atoms with Crippen LogP contribution in [0.1, 0.15) is 25.0 Å². The number of nitro benzene ring substituents is 1. The average molecular weight is 222 g/mol. The van der Waals surface area contributed by atoms with E-state index in [9.17, 15) is 14.9 Å². The molecule has 0 saturated heterocycles. The molecular formula is C11H14N2O3. The fraction of sp³-hybridized carbons (Fsp3) is 0.364. The Labute approximate surface area is 93.6 Å². The number of benzene rings is 1. The minimum absolute atomic E-state index is 0.0396. The van der Waals surface area contributed by atoms with Crippen LogP contribution in [0.2, 0.25) is 0 Å². The number of aryl methyl sites for hydroxylation is 1. The second kappa shape index (κ2) is 4.74. The monoisotopic (exact) mass is 222 g/mol. The summed E-state index contributed by atoms with van der Waals surface area (Å²) in [7, 11) is 0. The Morgan fingerprint density at radius 2 is 2.00 bits per heavy atom. The molecule has 0 spiro atoms. The van der Waals surface area contributed by atoms with Gasteiger partial charge in [-0.3, -0.25) is 14.9 Å². The molecule has 1 N–H and O–H groups in total. The molecule has 1 aliphatic rings. The Kier molecular flexibility index (Phi) is 3.60. The van der Waals surface area contributed by atoms with Crippen molar-refractivity contribution in [1.29, 1.82) is 0 Å². The molecule has 0 atom stereocenters. The number of non-ortho nitro benzene ring substituents is 1. The molecule has 1 aromatic carbocycles. The number of rotatable bonds is 1. The van der Waals surface area contributed by atoms with Gasteiger partial charge in [-0.25, -0.2) is 0 Å². The Morgan fingerprint density at radius 1 is 1.38 bits per heavy atom. The fourth-order valence-corrected chi connectivity index (χ4v) is 1.62. The summed E-state index contributed by atoms with van der Waals surface area (Å²) >= 11 is 0. The Hall–Kier alpha value is -1.91. The summed E-state index contributed by atoms with van der Waals surface area (Å²) in [6.45, 7) is 5.75. The number of carbonyl (C=O) groups excluding carboxylic acids is 1. The first-order valence-corrected chi connectivity index (χ1v) is 5.15. The lowest BCUT2D eigenvalue weighted by atomic mass is 10.1. The number of anilines is 1. The second-order valence-corrected chi connectivity index (χ2v) is 3.28. The third kappa shape index (κ3) is 2.18. The summed E-state index contributed by atoms with van der Waals surface area (Å²) in [4.78, 5) is 21.1. The van der Waals surface area contributed by atoms with Gasteiger partial charge in [0, 0.05) is 17.8 Å². The van der Waals surface area contributed by atoms with Crippen LogP contribution in [0.15, 0.2) is 12.1 Å². The number of amides is 1. The molecule has 1 amide bonds. The Morgan fingerprint density at radius 3 is 2.56 bits per heavy atom. The van der Waals surface area contributed by atoms with Crippen molar-refractivity contribution in [3.63, 3.8) is 0 Å². The summed E-state index contributed by atoms with van der Waals surface area (Å²) in [6.07, 6.45) is 0.234. The van der Waals surface area contributed by atoms with Crippen LogP contribution in [0.5, 0.6) is 0 Å². The van der Waals surface area contributed by atoms with Crippen LogP contribution in [0.3, 0.4) is 0 Å². The second-order valence-electron chi connectivity index (χ2n) is 3.28. The predicted octanol–water partition coefficient (Wildman–Crippen LogP) is 2.42. The standard InChI is InChI=1S/C9H8N2O3.C2H6/c1-5-2-7(11(13)14)3-6-4-8(12)10-9(5)6;1-2/h2-3H,4H2,1H3,(H,10,12);1-2H3. The molecule has 86 valence electrons. The number of fused-ring (bicyclic) bond motifs is 1. The molecule has 5 nitrogen and oxygen atoms in total. The van der Waals surface area contributed by atoms with Crippen molar-refractivity contribution in [2.24, 2.45) is 0 Å². The quantitative estimate of drug-likeness (QED) is 0.585. The van der Waals surface area contributed by atoms with Crippen LogP contribution in [0.25, 0.3) is 0 Å². The molecule has 5 heteroatoms. The zero-order chi connectivity index (χ0) is 12.3. The lowest BCUT2D eigenvalue weighted by Crippen LogP contribution is -2.04. The van der Waals surface area contributed by atoms with E-state index < -0.39 is 4.92 Å². The van der Waals surface area contributed by atoms with Gasteiger partial charge in [0.25, 0.3) is 5.69 Å². The first-order valence-electron chi connectivity index (χ1n) is 5.15. The van der Waals surface area contributed by atoms with Crippen molar-refractivity contribution in [3.05, 3.63) is 33.4 Å². The molecule has 1 heterocycles. The predicted molar refractivity (Wildman–Crippen MR) is 61.5 cm³/mol. The number of carbonyl (C=O) groups is 1. The molecule has 1 aliphatic heterocycles. The number of nitrogens with one attached hydrogen (secondary N) is 1. The van der Waals surface area contributed by atoms with E-state index in [1.54, 1.807) is 6.92 Å². The summed E-state index contributed by atoms with van der Waals surface area (Å²) < 4.78 is 0. The summed E-state index contributed by atoms with van der Waals surface area (Å²) in [5, 5.41) is 13.2. The Bertz CT molecular complexity index is 441. The third-order valence-electron chi connectivity index (χ3n) is 2.23. The van der Waals surface area contributed by atoms with Gasteiger partial charge in [-0.1, -0.05) is 13.8 Å². The summed E-state index contributed by atoms with van der Waals surface area (Å²) in [5.41, 5.74) is 2.21. The van der Waals surface area contributed by atoms with Gasteiger partial charge in [0.1, 0.15) is 0 Å². The van der Waals surface area contributed by atoms with Crippen molar-refractivity contribution in [2.75, 3.05) is 5.32 Å².